The first kappa shape index (κ1) is 20.1. The van der Waals surface area contributed by atoms with Gasteiger partial charge in [-0.25, -0.2) is 0 Å². The van der Waals surface area contributed by atoms with Crippen LogP contribution in [0.25, 0.3) is 0 Å². The first-order valence-corrected chi connectivity index (χ1v) is 10.0. The lowest BCUT2D eigenvalue weighted by molar-refractivity contribution is -0.137. The molecule has 2 aliphatic rings. The normalized spacial score (nSPS) is 18.3. The van der Waals surface area contributed by atoms with Gasteiger partial charge < -0.3 is 9.80 Å². The van der Waals surface area contributed by atoms with E-state index in [0.717, 1.165) is 11.1 Å². The molecule has 1 unspecified atom stereocenters. The van der Waals surface area contributed by atoms with Gasteiger partial charge in [-0.3, -0.25) is 24.5 Å². The number of hydrogen-bond donors (Lipinski definition) is 1. The van der Waals surface area contributed by atoms with Crippen LogP contribution < -0.4 is 10.2 Å². The lowest BCUT2D eigenvalue weighted by Gasteiger charge is -2.29. The third kappa shape index (κ3) is 3.80. The van der Waals surface area contributed by atoms with Crippen LogP contribution in [0.4, 0.5) is 5.69 Å². The van der Waals surface area contributed by atoms with Crippen molar-refractivity contribution in [1.82, 2.24) is 10.2 Å². The van der Waals surface area contributed by atoms with Gasteiger partial charge in [-0.1, -0.05) is 29.8 Å². The van der Waals surface area contributed by atoms with Gasteiger partial charge in [0.15, 0.2) is 0 Å². The zero-order valence-electron chi connectivity index (χ0n) is 16.4. The van der Waals surface area contributed by atoms with Crippen molar-refractivity contribution in [3.05, 3.63) is 64.2 Å². The molecule has 8 heteroatoms. The van der Waals surface area contributed by atoms with Crippen LogP contribution in [-0.4, -0.2) is 34.6 Å². The molecule has 1 saturated heterocycles. The van der Waals surface area contributed by atoms with E-state index in [0.29, 0.717) is 35.8 Å². The van der Waals surface area contributed by atoms with Crippen LogP contribution in [0.5, 0.6) is 0 Å². The molecule has 0 saturated carbocycles. The van der Waals surface area contributed by atoms with E-state index in [1.165, 1.54) is 11.8 Å². The SMILES string of the molecule is CC(=O)N(Cc1ccc2c(c1)CN(C1CCC(=O)NC1=O)C2=O)c1cccc(Cl)c1. The van der Waals surface area contributed by atoms with Crippen LogP contribution in [0, 0.1) is 0 Å². The van der Waals surface area contributed by atoms with Crippen LogP contribution >= 0.6 is 11.6 Å². The molecule has 0 aliphatic carbocycles. The van der Waals surface area contributed by atoms with Crippen molar-refractivity contribution in [2.24, 2.45) is 0 Å². The molecular weight excluding hydrogens is 406 g/mol. The molecule has 0 bridgehead atoms. The number of carbonyl (C=O) groups is 4. The van der Waals surface area contributed by atoms with E-state index in [-0.39, 0.29) is 24.1 Å². The Bertz CT molecular complexity index is 1070. The van der Waals surface area contributed by atoms with Gasteiger partial charge in [0.25, 0.3) is 5.91 Å². The zero-order chi connectivity index (χ0) is 21.4. The summed E-state index contributed by atoms with van der Waals surface area (Å²) in [6.07, 6.45) is 0.541. The summed E-state index contributed by atoms with van der Waals surface area (Å²) in [7, 11) is 0. The van der Waals surface area contributed by atoms with Crippen molar-refractivity contribution in [1.29, 1.82) is 0 Å². The molecule has 1 N–H and O–H groups in total. The minimum absolute atomic E-state index is 0.126. The Kier molecular flexibility index (Phi) is 5.30. The van der Waals surface area contributed by atoms with E-state index < -0.39 is 11.9 Å². The topological polar surface area (TPSA) is 86.8 Å². The summed E-state index contributed by atoms with van der Waals surface area (Å²) in [4.78, 5) is 51.7. The lowest BCUT2D eigenvalue weighted by Crippen LogP contribution is -2.52. The quantitative estimate of drug-likeness (QED) is 0.763. The molecule has 154 valence electrons. The predicted molar refractivity (Wildman–Crippen MR) is 111 cm³/mol. The van der Waals surface area contributed by atoms with Gasteiger partial charge in [0.05, 0.1) is 6.54 Å². The Morgan fingerprint density at radius 3 is 2.70 bits per heavy atom. The number of piperidine rings is 1. The van der Waals surface area contributed by atoms with Crippen LogP contribution in [-0.2, 0) is 27.5 Å². The molecule has 2 aromatic carbocycles. The van der Waals surface area contributed by atoms with Crippen molar-refractivity contribution < 1.29 is 19.2 Å². The first-order valence-electron chi connectivity index (χ1n) is 9.63. The van der Waals surface area contributed by atoms with E-state index in [1.807, 2.05) is 18.2 Å². The Morgan fingerprint density at radius 1 is 1.20 bits per heavy atom. The fraction of sp³-hybridized carbons (Fsp3) is 0.273. The number of carbonyl (C=O) groups excluding carboxylic acids is 4. The van der Waals surface area contributed by atoms with Crippen molar-refractivity contribution in [2.45, 2.75) is 38.9 Å². The average Bonchev–Trinajstić information content (AvgIpc) is 3.01. The minimum Gasteiger partial charge on any atom is -0.322 e. The number of nitrogens with one attached hydrogen (secondary N) is 1. The maximum absolute atomic E-state index is 12.8. The second-order valence-corrected chi connectivity index (χ2v) is 7.91. The highest BCUT2D eigenvalue weighted by Gasteiger charge is 2.39. The van der Waals surface area contributed by atoms with Crippen molar-refractivity contribution in [2.75, 3.05) is 4.90 Å². The largest absolute Gasteiger partial charge is 0.322 e. The summed E-state index contributed by atoms with van der Waals surface area (Å²) in [5.41, 5.74) is 2.90. The molecule has 2 aliphatic heterocycles. The number of nitrogens with zero attached hydrogens (tertiary/aromatic N) is 2. The predicted octanol–water partition coefficient (Wildman–Crippen LogP) is 2.65. The molecule has 0 radical (unpaired) electrons. The molecule has 1 fully saturated rings. The van der Waals surface area contributed by atoms with Gasteiger partial charge in [-0.05, 0) is 41.8 Å². The first-order chi connectivity index (χ1) is 14.3. The Hall–Kier alpha value is -3.19. The van der Waals surface area contributed by atoms with Gasteiger partial charge in [0.1, 0.15) is 6.04 Å². The summed E-state index contributed by atoms with van der Waals surface area (Å²) in [6.45, 7) is 2.11. The smallest absolute Gasteiger partial charge is 0.255 e. The zero-order valence-corrected chi connectivity index (χ0v) is 17.1. The second kappa shape index (κ2) is 7.91. The minimum atomic E-state index is -0.647. The molecule has 4 rings (SSSR count). The number of anilines is 1. The number of hydrogen-bond acceptors (Lipinski definition) is 4. The highest BCUT2D eigenvalue weighted by Crippen LogP contribution is 2.29. The number of amides is 4. The standard InChI is InChI=1S/C22H20ClN3O4/c1-13(27)25(17-4-2-3-16(23)10-17)11-14-5-6-18-15(9-14)12-26(22(18)30)19-7-8-20(28)24-21(19)29/h2-6,9-10,19H,7-8,11-12H2,1H3,(H,24,28,29). The van der Waals surface area contributed by atoms with Crippen LogP contribution in [0.3, 0.4) is 0 Å². The molecule has 0 aromatic heterocycles. The van der Waals surface area contributed by atoms with E-state index >= 15 is 0 Å². The summed E-state index contributed by atoms with van der Waals surface area (Å²) in [5, 5.41) is 2.84. The van der Waals surface area contributed by atoms with E-state index in [9.17, 15) is 19.2 Å². The fourth-order valence-corrected chi connectivity index (χ4v) is 4.12. The average molecular weight is 426 g/mol. The highest BCUT2D eigenvalue weighted by atomic mass is 35.5. The molecule has 7 nitrogen and oxygen atoms in total. The third-order valence-corrected chi connectivity index (χ3v) is 5.66. The summed E-state index contributed by atoms with van der Waals surface area (Å²) in [6, 6.07) is 11.9. The Labute approximate surface area is 178 Å². The Balaban J connectivity index is 1.56. The van der Waals surface area contributed by atoms with Crippen LogP contribution in [0.1, 0.15) is 41.3 Å². The number of imide groups is 1. The van der Waals surface area contributed by atoms with Gasteiger partial charge >= 0.3 is 0 Å². The fourth-order valence-electron chi connectivity index (χ4n) is 3.94. The number of fused-ring (bicyclic) bond motifs is 1. The molecule has 0 spiro atoms. The third-order valence-electron chi connectivity index (χ3n) is 5.43. The summed E-state index contributed by atoms with van der Waals surface area (Å²) >= 11 is 6.07. The summed E-state index contributed by atoms with van der Waals surface area (Å²) in [5.74, 6) is -1.09. The molecule has 30 heavy (non-hydrogen) atoms. The molecular formula is C22H20ClN3O4. The molecule has 2 aromatic rings. The van der Waals surface area contributed by atoms with Gasteiger partial charge in [0, 0.05) is 36.2 Å². The van der Waals surface area contributed by atoms with Crippen molar-refractivity contribution in [3.8, 4) is 0 Å². The summed E-state index contributed by atoms with van der Waals surface area (Å²) < 4.78 is 0. The van der Waals surface area contributed by atoms with Crippen molar-refractivity contribution >= 4 is 40.9 Å². The van der Waals surface area contributed by atoms with Gasteiger partial charge in [0.2, 0.25) is 17.7 Å². The van der Waals surface area contributed by atoms with Crippen LogP contribution in [0.15, 0.2) is 42.5 Å². The number of benzene rings is 2. The van der Waals surface area contributed by atoms with E-state index in [4.69, 9.17) is 11.6 Å². The van der Waals surface area contributed by atoms with E-state index in [2.05, 4.69) is 5.32 Å². The maximum atomic E-state index is 12.8. The second-order valence-electron chi connectivity index (χ2n) is 7.48. The lowest BCUT2D eigenvalue weighted by atomic mass is 10.0. The van der Waals surface area contributed by atoms with Gasteiger partial charge in [-0.15, -0.1) is 0 Å². The van der Waals surface area contributed by atoms with Gasteiger partial charge in [-0.2, -0.15) is 0 Å². The highest BCUT2D eigenvalue weighted by molar-refractivity contribution is 6.30. The monoisotopic (exact) mass is 425 g/mol. The van der Waals surface area contributed by atoms with E-state index in [1.54, 1.807) is 29.2 Å². The Morgan fingerprint density at radius 2 is 2.00 bits per heavy atom. The number of halogens is 1. The molecule has 2 heterocycles. The number of rotatable bonds is 4. The molecule has 4 amide bonds. The molecule has 1 atom stereocenters. The van der Waals surface area contributed by atoms with Crippen molar-refractivity contribution in [3.63, 3.8) is 0 Å². The maximum Gasteiger partial charge on any atom is 0.255 e. The van der Waals surface area contributed by atoms with Crippen LogP contribution in [0.2, 0.25) is 5.02 Å².